The second kappa shape index (κ2) is 8.73. The van der Waals surface area contributed by atoms with E-state index in [9.17, 15) is 14.7 Å². The van der Waals surface area contributed by atoms with Gasteiger partial charge in [-0.25, -0.2) is 0 Å². The highest BCUT2D eigenvalue weighted by molar-refractivity contribution is 6.17. The third-order valence-corrected chi connectivity index (χ3v) is 13.9. The van der Waals surface area contributed by atoms with Gasteiger partial charge in [0, 0.05) is 45.1 Å². The van der Waals surface area contributed by atoms with Crippen LogP contribution in [0.25, 0.3) is 0 Å². The third kappa shape index (κ3) is 2.64. The molecule has 1 amide bonds. The van der Waals surface area contributed by atoms with Crippen molar-refractivity contribution < 1.29 is 33.7 Å². The first kappa shape index (κ1) is 28.9. The molecule has 11 nitrogen and oxygen atoms in total. The number of Topliss-reactive ketones (excluding diaryl/α,β-unsaturated/α-hetero) is 1. The Kier molecular flexibility index (Phi) is 5.25. The molecule has 0 radical (unpaired) electrons. The van der Waals surface area contributed by atoms with Crippen molar-refractivity contribution >= 4 is 29.0 Å². The Morgan fingerprint density at radius 3 is 2.52 bits per heavy atom. The van der Waals surface area contributed by atoms with Gasteiger partial charge >= 0.3 is 5.97 Å². The number of methoxy groups -OCH3 is 2. The zero-order valence-corrected chi connectivity index (χ0v) is 27.8. The number of carbonyl (C=O) groups is 3. The summed E-state index contributed by atoms with van der Waals surface area (Å²) >= 11 is 0. The van der Waals surface area contributed by atoms with Crippen molar-refractivity contribution in [2.24, 2.45) is 5.41 Å². The molecule has 11 heteroatoms. The van der Waals surface area contributed by atoms with Gasteiger partial charge in [-0.1, -0.05) is 24.3 Å². The van der Waals surface area contributed by atoms with Crippen molar-refractivity contribution in [2.45, 2.75) is 73.2 Å². The number of phenolic OH excluding ortho intramolecular Hbond substituents is 1. The van der Waals surface area contributed by atoms with E-state index < -0.39 is 27.6 Å². The molecule has 0 aromatic heterocycles. The van der Waals surface area contributed by atoms with Crippen molar-refractivity contribution in [3.8, 4) is 17.2 Å². The molecule has 7 aliphatic heterocycles. The molecule has 6 atom stereocenters. The molecule has 0 saturated carbocycles. The minimum atomic E-state index is -1.25. The number of carbonyl (C=O) groups excluding carboxylic acids is 3. The third-order valence-electron chi connectivity index (χ3n) is 13.9. The number of ether oxygens (including phenoxy) is 3. The second-order valence-electron chi connectivity index (χ2n) is 15.2. The second-order valence-corrected chi connectivity index (χ2v) is 15.2. The lowest BCUT2D eigenvalue weighted by Crippen LogP contribution is -2.73. The molecular weight excluding hydrogens is 612 g/mol. The first-order valence-electron chi connectivity index (χ1n) is 17.2. The number of para-hydroxylation sites is 1. The van der Waals surface area contributed by atoms with E-state index in [0.29, 0.717) is 54.1 Å². The van der Waals surface area contributed by atoms with Gasteiger partial charge in [0.2, 0.25) is 5.91 Å². The lowest BCUT2D eigenvalue weighted by atomic mass is 9.52. The first-order chi connectivity index (χ1) is 23.1. The fraction of sp³-hybridized carbons (Fsp3) is 0.541. The Hall–Kier alpha value is -4.09. The van der Waals surface area contributed by atoms with Crippen LogP contribution in [0.5, 0.6) is 17.2 Å². The number of ketones is 1. The van der Waals surface area contributed by atoms with E-state index in [-0.39, 0.29) is 35.9 Å². The number of anilines is 2. The summed E-state index contributed by atoms with van der Waals surface area (Å²) < 4.78 is 19.3. The van der Waals surface area contributed by atoms with Crippen LogP contribution in [0, 0.1) is 5.41 Å². The normalized spacial score (nSPS) is 38.7. The Bertz CT molecular complexity index is 1930. The number of hydrogen-bond acceptors (Lipinski definition) is 10. The summed E-state index contributed by atoms with van der Waals surface area (Å²) in [6.07, 6.45) is 8.49. The number of likely N-dealkylation sites (tertiary alicyclic amines) is 1. The molecule has 2 aromatic rings. The fourth-order valence-electron chi connectivity index (χ4n) is 12.3. The van der Waals surface area contributed by atoms with E-state index in [4.69, 9.17) is 14.2 Å². The molecular formula is C37H40N4O7. The highest BCUT2D eigenvalue weighted by atomic mass is 16.6. The van der Waals surface area contributed by atoms with Gasteiger partial charge in [0.25, 0.3) is 0 Å². The van der Waals surface area contributed by atoms with Crippen LogP contribution >= 0.6 is 0 Å². The number of hydrogen-bond donors (Lipinski definition) is 1. The van der Waals surface area contributed by atoms with Crippen molar-refractivity contribution in [3.63, 3.8) is 0 Å². The summed E-state index contributed by atoms with van der Waals surface area (Å²) in [7, 11) is 7.21. The Morgan fingerprint density at radius 1 is 0.917 bits per heavy atom. The molecule has 48 heavy (non-hydrogen) atoms. The topological polar surface area (TPSA) is 112 Å². The number of aromatic hydroxyl groups is 1. The number of rotatable bonds is 3. The van der Waals surface area contributed by atoms with Crippen molar-refractivity contribution in [1.82, 2.24) is 9.80 Å². The van der Waals surface area contributed by atoms with E-state index >= 15 is 4.79 Å². The van der Waals surface area contributed by atoms with Gasteiger partial charge in [0.1, 0.15) is 5.75 Å². The minimum Gasteiger partial charge on any atom is -0.506 e. The van der Waals surface area contributed by atoms with Crippen LogP contribution < -0.4 is 19.3 Å². The van der Waals surface area contributed by atoms with Crippen LogP contribution in [-0.2, 0) is 30.0 Å². The van der Waals surface area contributed by atoms with Gasteiger partial charge in [-0.15, -0.1) is 0 Å². The Morgan fingerprint density at radius 2 is 1.73 bits per heavy atom. The zero-order valence-electron chi connectivity index (χ0n) is 27.8. The van der Waals surface area contributed by atoms with Gasteiger partial charge < -0.3 is 24.2 Å². The number of likely N-dealkylation sites (N-methyl/N-ethyl adjacent to an activating group) is 2. The summed E-state index contributed by atoms with van der Waals surface area (Å²) in [5.74, 6) is 0.532. The maximum absolute atomic E-state index is 15.6. The lowest BCUT2D eigenvalue weighted by Gasteiger charge is -2.59. The average Bonchev–Trinajstić information content (AvgIpc) is 3.77. The molecule has 3 spiro atoms. The minimum absolute atomic E-state index is 0.0302. The summed E-state index contributed by atoms with van der Waals surface area (Å²) in [6.45, 7) is 2.18. The van der Waals surface area contributed by atoms with E-state index in [2.05, 4.69) is 35.1 Å². The SMILES string of the molecule is COc1c([C@@]23CCN(C)[C@]4(CCC(=O)N4c4c(O)cccc42)C3=O)cc2c(c1OC)N(C)[C@@H]1C=C[C@@]34CCCN5CC[C@@]21[C@]53OC(=O)C4. The van der Waals surface area contributed by atoms with Crippen LogP contribution in [-0.4, -0.2) is 97.9 Å². The van der Waals surface area contributed by atoms with Crippen LogP contribution in [0.3, 0.4) is 0 Å². The summed E-state index contributed by atoms with van der Waals surface area (Å²) in [5.41, 5.74) is -0.900. The van der Waals surface area contributed by atoms with Crippen molar-refractivity contribution in [1.29, 1.82) is 0 Å². The van der Waals surface area contributed by atoms with Gasteiger partial charge in [-0.05, 0) is 56.0 Å². The van der Waals surface area contributed by atoms with Gasteiger partial charge in [0.05, 0.1) is 54.3 Å². The summed E-state index contributed by atoms with van der Waals surface area (Å²) in [5, 5.41) is 11.5. The number of nitrogens with zero attached hydrogens (tertiary/aromatic N) is 4. The Balaban J connectivity index is 1.32. The van der Waals surface area contributed by atoms with Gasteiger partial charge in [0.15, 0.2) is 28.7 Å². The zero-order chi connectivity index (χ0) is 33.2. The monoisotopic (exact) mass is 652 g/mol. The van der Waals surface area contributed by atoms with E-state index in [1.54, 1.807) is 31.3 Å². The molecule has 1 aliphatic carbocycles. The Labute approximate surface area is 279 Å². The van der Waals surface area contributed by atoms with Crippen LogP contribution in [0.2, 0.25) is 0 Å². The lowest BCUT2D eigenvalue weighted by molar-refractivity contribution is -0.207. The largest absolute Gasteiger partial charge is 0.506 e. The molecule has 1 N–H and O–H groups in total. The molecule has 2 bridgehead atoms. The van der Waals surface area contributed by atoms with Crippen LogP contribution in [0.1, 0.15) is 61.6 Å². The number of piperidine rings is 2. The van der Waals surface area contributed by atoms with Crippen molar-refractivity contribution in [2.75, 3.05) is 57.7 Å². The van der Waals surface area contributed by atoms with Gasteiger partial charge in [-0.2, -0.15) is 0 Å². The van der Waals surface area contributed by atoms with Crippen LogP contribution in [0.4, 0.5) is 11.4 Å². The molecule has 7 heterocycles. The number of amides is 1. The molecule has 250 valence electrons. The predicted molar refractivity (Wildman–Crippen MR) is 174 cm³/mol. The molecule has 5 fully saturated rings. The maximum atomic E-state index is 15.6. The summed E-state index contributed by atoms with van der Waals surface area (Å²) in [6, 6.07) is 7.26. The number of esters is 1. The van der Waals surface area contributed by atoms with Gasteiger partial charge in [-0.3, -0.25) is 29.1 Å². The van der Waals surface area contributed by atoms with Crippen LogP contribution in [0.15, 0.2) is 36.4 Å². The number of phenols is 1. The fourth-order valence-corrected chi connectivity index (χ4v) is 12.3. The average molecular weight is 653 g/mol. The quantitative estimate of drug-likeness (QED) is 0.392. The molecule has 2 aromatic carbocycles. The standard InChI is InChI=1S/C37H40N4O7/c1-38-17-14-34(21-7-5-8-24(42)28(21)41-26(43)10-13-36(38,41)32(34)45)23-19-22-29(31(47-4)30(23)46-3)39(2)25-9-12-33-11-6-16-40-18-15-35(22,25)37(33,40)48-27(44)20-33/h5,7-9,12,19,25,42H,6,10-11,13-18,20H2,1-4H3/t25-,33-,34-,35-,36+,37+/m1/s1. The predicted octanol–water partition coefficient (Wildman–Crippen LogP) is 3.19. The molecule has 5 saturated heterocycles. The molecule has 0 unspecified atom stereocenters. The number of fused-ring (bicyclic) bond motifs is 5. The van der Waals surface area contributed by atoms with E-state index in [0.717, 1.165) is 43.6 Å². The highest BCUT2D eigenvalue weighted by Gasteiger charge is 2.81. The number of benzene rings is 2. The summed E-state index contributed by atoms with van der Waals surface area (Å²) in [4.78, 5) is 50.9. The smallest absolute Gasteiger partial charge is 0.308 e. The molecule has 8 aliphatic rings. The van der Waals surface area contributed by atoms with E-state index in [1.165, 1.54) is 0 Å². The van der Waals surface area contributed by atoms with Crippen molar-refractivity contribution in [3.05, 3.63) is 53.1 Å². The first-order valence-corrected chi connectivity index (χ1v) is 17.2. The molecule has 10 rings (SSSR count). The highest BCUT2D eigenvalue weighted by Crippen LogP contribution is 2.73. The van der Waals surface area contributed by atoms with E-state index in [1.807, 2.05) is 18.0 Å². The maximum Gasteiger partial charge on any atom is 0.308 e.